The predicted octanol–water partition coefficient (Wildman–Crippen LogP) is 8.82. The van der Waals surface area contributed by atoms with Crippen LogP contribution in [-0.2, 0) is 19.4 Å². The molecule has 0 saturated heterocycles. The number of aryl methyl sites for hydroxylation is 2. The molecule has 182 valence electrons. The van der Waals surface area contributed by atoms with E-state index in [2.05, 4.69) is 53.5 Å². The number of halogens is 1. The van der Waals surface area contributed by atoms with E-state index in [0.717, 1.165) is 29.5 Å². The Hall–Kier alpha value is -4.24. The maximum atomic E-state index is 13.5. The lowest BCUT2D eigenvalue weighted by Crippen LogP contribution is -2.04. The number of hydrogen-bond donors (Lipinski definition) is 0. The van der Waals surface area contributed by atoms with Crippen molar-refractivity contribution in [3.8, 4) is 5.75 Å². The summed E-state index contributed by atoms with van der Waals surface area (Å²) in [6, 6.07) is 32.0. The first-order valence-electron chi connectivity index (χ1n) is 12.9. The van der Waals surface area contributed by atoms with Gasteiger partial charge in [-0.25, -0.2) is 4.39 Å². The molecular weight excluding hydrogens is 457 g/mol. The molecule has 0 saturated carbocycles. The third-order valence-corrected chi connectivity index (χ3v) is 7.17. The van der Waals surface area contributed by atoms with Gasteiger partial charge in [0.15, 0.2) is 0 Å². The van der Waals surface area contributed by atoms with Crippen LogP contribution in [0.3, 0.4) is 0 Å². The quantitative estimate of drug-likeness (QED) is 0.234. The minimum absolute atomic E-state index is 0.228. The smallest absolute Gasteiger partial charge is 0.128 e. The van der Waals surface area contributed by atoms with E-state index < -0.39 is 0 Å². The maximum Gasteiger partial charge on any atom is 0.128 e. The van der Waals surface area contributed by atoms with Gasteiger partial charge in [-0.1, -0.05) is 72.8 Å². The molecule has 0 N–H and O–H groups in total. The SMILES string of the molecule is Fc1cccc(COc2cc3c4c(ccc3c3ccccc23)CCCC4)c1.c1ccc2cnccc2c1. The fourth-order valence-corrected chi connectivity index (χ4v) is 5.33. The molecule has 0 fully saturated rings. The zero-order valence-corrected chi connectivity index (χ0v) is 20.7. The van der Waals surface area contributed by atoms with Crippen LogP contribution in [-0.4, -0.2) is 4.98 Å². The van der Waals surface area contributed by atoms with Gasteiger partial charge < -0.3 is 4.74 Å². The summed E-state index contributed by atoms with van der Waals surface area (Å²) in [6.07, 6.45) is 8.50. The molecule has 1 heterocycles. The standard InChI is InChI=1S/C25H21FO.C9H7N/c26-19-8-5-6-17(14-19)16-27-25-15-24-20-9-2-1-7-18(20)12-13-22(24)21-10-3-4-11-23(21)25;1-2-4-9-7-10-6-5-8(9)3-1/h3-6,8,10-15H,1-2,7,9,16H2;1-7H. The Morgan fingerprint density at radius 2 is 1.46 bits per heavy atom. The first-order chi connectivity index (χ1) is 18.3. The highest BCUT2D eigenvalue weighted by atomic mass is 19.1. The van der Waals surface area contributed by atoms with Crippen LogP contribution in [0.1, 0.15) is 29.5 Å². The maximum absolute atomic E-state index is 13.5. The first-order valence-corrected chi connectivity index (χ1v) is 12.9. The van der Waals surface area contributed by atoms with Gasteiger partial charge >= 0.3 is 0 Å². The second kappa shape index (κ2) is 10.4. The van der Waals surface area contributed by atoms with E-state index in [4.69, 9.17) is 4.74 Å². The van der Waals surface area contributed by atoms with Crippen molar-refractivity contribution >= 4 is 32.3 Å². The molecule has 0 aliphatic heterocycles. The summed E-state index contributed by atoms with van der Waals surface area (Å²) in [4.78, 5) is 4.01. The second-order valence-corrected chi connectivity index (χ2v) is 9.57. The number of ether oxygens (including phenoxy) is 1. The van der Waals surface area contributed by atoms with E-state index in [0.29, 0.717) is 6.61 Å². The van der Waals surface area contributed by atoms with Crippen LogP contribution >= 0.6 is 0 Å². The van der Waals surface area contributed by atoms with Crippen molar-refractivity contribution in [1.82, 2.24) is 4.98 Å². The van der Waals surface area contributed by atoms with Gasteiger partial charge in [-0.05, 0) is 93.6 Å². The summed E-state index contributed by atoms with van der Waals surface area (Å²) in [5, 5.41) is 7.38. The van der Waals surface area contributed by atoms with Crippen LogP contribution in [0.4, 0.5) is 4.39 Å². The lowest BCUT2D eigenvalue weighted by atomic mass is 9.86. The summed E-state index contributed by atoms with van der Waals surface area (Å²) in [6.45, 7) is 0.363. The van der Waals surface area contributed by atoms with E-state index in [1.165, 1.54) is 63.0 Å². The van der Waals surface area contributed by atoms with E-state index in [1.807, 2.05) is 42.7 Å². The van der Waals surface area contributed by atoms with E-state index in [1.54, 1.807) is 6.07 Å². The average Bonchev–Trinajstić information content (AvgIpc) is 2.96. The van der Waals surface area contributed by atoms with Crippen molar-refractivity contribution in [2.75, 3.05) is 0 Å². The van der Waals surface area contributed by atoms with Crippen LogP contribution < -0.4 is 4.74 Å². The number of fused-ring (bicyclic) bond motifs is 6. The molecule has 7 rings (SSSR count). The van der Waals surface area contributed by atoms with Gasteiger partial charge in [-0.2, -0.15) is 0 Å². The lowest BCUT2D eigenvalue weighted by Gasteiger charge is -2.20. The molecule has 6 aromatic rings. The number of nitrogens with zero attached hydrogens (tertiary/aromatic N) is 1. The van der Waals surface area contributed by atoms with Crippen molar-refractivity contribution in [2.45, 2.75) is 32.3 Å². The third-order valence-electron chi connectivity index (χ3n) is 7.17. The van der Waals surface area contributed by atoms with Crippen LogP contribution in [0.25, 0.3) is 32.3 Å². The van der Waals surface area contributed by atoms with Gasteiger partial charge in [0, 0.05) is 17.8 Å². The lowest BCUT2D eigenvalue weighted by molar-refractivity contribution is 0.309. The van der Waals surface area contributed by atoms with Crippen LogP contribution in [0.15, 0.2) is 109 Å². The van der Waals surface area contributed by atoms with Crippen LogP contribution in [0.2, 0.25) is 0 Å². The molecule has 3 heteroatoms. The summed E-state index contributed by atoms with van der Waals surface area (Å²) < 4.78 is 19.7. The number of hydrogen-bond acceptors (Lipinski definition) is 2. The zero-order valence-electron chi connectivity index (χ0n) is 20.7. The van der Waals surface area contributed by atoms with E-state index in [9.17, 15) is 4.39 Å². The highest BCUT2D eigenvalue weighted by molar-refractivity contribution is 6.11. The molecule has 0 amide bonds. The fourth-order valence-electron chi connectivity index (χ4n) is 5.33. The summed E-state index contributed by atoms with van der Waals surface area (Å²) in [7, 11) is 0. The second-order valence-electron chi connectivity index (χ2n) is 9.57. The highest BCUT2D eigenvalue weighted by Crippen LogP contribution is 2.38. The minimum Gasteiger partial charge on any atom is -0.488 e. The van der Waals surface area contributed by atoms with E-state index >= 15 is 0 Å². The molecule has 0 atom stereocenters. The van der Waals surface area contributed by atoms with Crippen LogP contribution in [0.5, 0.6) is 5.75 Å². The Morgan fingerprint density at radius 1 is 0.676 bits per heavy atom. The van der Waals surface area contributed by atoms with Gasteiger partial charge in [-0.15, -0.1) is 0 Å². The van der Waals surface area contributed by atoms with Gasteiger partial charge in [0.25, 0.3) is 0 Å². The number of benzene rings is 5. The van der Waals surface area contributed by atoms with E-state index in [-0.39, 0.29) is 5.82 Å². The van der Waals surface area contributed by atoms with Gasteiger partial charge in [0.1, 0.15) is 18.2 Å². The van der Waals surface area contributed by atoms with Crippen molar-refractivity contribution < 1.29 is 9.13 Å². The first kappa shape index (κ1) is 23.2. The fraction of sp³-hybridized carbons (Fsp3) is 0.147. The highest BCUT2D eigenvalue weighted by Gasteiger charge is 2.16. The molecule has 0 bridgehead atoms. The molecular formula is C34H28FNO. The number of pyridine rings is 1. The van der Waals surface area contributed by atoms with Gasteiger partial charge in [0.05, 0.1) is 0 Å². The van der Waals surface area contributed by atoms with Crippen molar-refractivity contribution in [3.63, 3.8) is 0 Å². The topological polar surface area (TPSA) is 22.1 Å². The largest absolute Gasteiger partial charge is 0.488 e. The molecule has 0 spiro atoms. The third kappa shape index (κ3) is 4.90. The monoisotopic (exact) mass is 485 g/mol. The summed E-state index contributed by atoms with van der Waals surface area (Å²) in [5.41, 5.74) is 3.79. The summed E-state index contributed by atoms with van der Waals surface area (Å²) >= 11 is 0. The molecule has 1 aliphatic rings. The summed E-state index contributed by atoms with van der Waals surface area (Å²) in [5.74, 6) is 0.648. The zero-order chi connectivity index (χ0) is 25.0. The number of rotatable bonds is 3. The van der Waals surface area contributed by atoms with Crippen molar-refractivity contribution in [1.29, 1.82) is 0 Å². The minimum atomic E-state index is -0.228. The molecule has 2 nitrogen and oxygen atoms in total. The Bertz CT molecular complexity index is 1640. The molecule has 1 aliphatic carbocycles. The molecule has 1 aromatic heterocycles. The molecule has 37 heavy (non-hydrogen) atoms. The normalized spacial score (nSPS) is 12.7. The Kier molecular flexibility index (Phi) is 6.51. The van der Waals surface area contributed by atoms with Crippen LogP contribution in [0, 0.1) is 5.82 Å². The van der Waals surface area contributed by atoms with Gasteiger partial charge in [0.2, 0.25) is 0 Å². The molecule has 0 radical (unpaired) electrons. The van der Waals surface area contributed by atoms with Gasteiger partial charge in [-0.3, -0.25) is 4.98 Å². The predicted molar refractivity (Wildman–Crippen MR) is 151 cm³/mol. The van der Waals surface area contributed by atoms with Crippen molar-refractivity contribution in [2.24, 2.45) is 0 Å². The Balaban J connectivity index is 0.000000210. The van der Waals surface area contributed by atoms with Crippen molar-refractivity contribution in [3.05, 3.63) is 132 Å². The average molecular weight is 486 g/mol. The Morgan fingerprint density at radius 3 is 2.32 bits per heavy atom. The Labute approximate surface area is 216 Å². The molecule has 0 unspecified atom stereocenters. The number of aromatic nitrogens is 1. The molecule has 5 aromatic carbocycles.